The zero-order chi connectivity index (χ0) is 13.0. The Morgan fingerprint density at radius 1 is 1.39 bits per heavy atom. The Balaban J connectivity index is 2.05. The van der Waals surface area contributed by atoms with Gasteiger partial charge in [0.05, 0.1) is 6.20 Å². The normalized spacial score (nSPS) is 19.3. The molecule has 1 aromatic rings. The zero-order valence-electron chi connectivity index (χ0n) is 9.74. The van der Waals surface area contributed by atoms with Crippen molar-refractivity contribution in [3.05, 3.63) is 18.6 Å². The quantitative estimate of drug-likeness (QED) is 0.814. The molecule has 2 rings (SSSR count). The summed E-state index contributed by atoms with van der Waals surface area (Å²) in [6, 6.07) is -1.20. The van der Waals surface area contributed by atoms with Crippen molar-refractivity contribution >= 4 is 17.8 Å². The SMILES string of the molecule is O=C(O)C1CCCCN1C(=O)Nc1cnccn1. The molecule has 1 saturated heterocycles. The van der Waals surface area contributed by atoms with Crippen LogP contribution >= 0.6 is 0 Å². The van der Waals surface area contributed by atoms with E-state index in [0.29, 0.717) is 18.8 Å². The van der Waals surface area contributed by atoms with E-state index >= 15 is 0 Å². The van der Waals surface area contributed by atoms with Gasteiger partial charge in [0.25, 0.3) is 0 Å². The number of rotatable bonds is 2. The number of nitrogens with one attached hydrogen (secondary N) is 1. The number of likely N-dealkylation sites (tertiary alicyclic amines) is 1. The lowest BCUT2D eigenvalue weighted by Crippen LogP contribution is -2.49. The number of piperidine rings is 1. The Hall–Kier alpha value is -2.18. The zero-order valence-corrected chi connectivity index (χ0v) is 9.74. The number of hydrogen-bond donors (Lipinski definition) is 2. The molecular weight excluding hydrogens is 236 g/mol. The Kier molecular flexibility index (Phi) is 3.71. The first kappa shape index (κ1) is 12.3. The molecule has 1 unspecified atom stereocenters. The van der Waals surface area contributed by atoms with Gasteiger partial charge >= 0.3 is 12.0 Å². The second-order valence-corrected chi connectivity index (χ2v) is 4.06. The molecule has 0 saturated carbocycles. The van der Waals surface area contributed by atoms with Crippen molar-refractivity contribution < 1.29 is 14.7 Å². The van der Waals surface area contributed by atoms with E-state index in [9.17, 15) is 9.59 Å². The summed E-state index contributed by atoms with van der Waals surface area (Å²) in [7, 11) is 0. The minimum atomic E-state index is -0.969. The monoisotopic (exact) mass is 250 g/mol. The number of anilines is 1. The molecular formula is C11H14N4O3. The number of carboxylic acid groups (broad SMARTS) is 1. The van der Waals surface area contributed by atoms with Crippen molar-refractivity contribution in [3.8, 4) is 0 Å². The van der Waals surface area contributed by atoms with Crippen molar-refractivity contribution in [2.75, 3.05) is 11.9 Å². The van der Waals surface area contributed by atoms with Crippen molar-refractivity contribution in [2.45, 2.75) is 25.3 Å². The van der Waals surface area contributed by atoms with Gasteiger partial charge in [0.1, 0.15) is 6.04 Å². The van der Waals surface area contributed by atoms with Gasteiger partial charge in [0, 0.05) is 18.9 Å². The molecule has 2 N–H and O–H groups in total. The summed E-state index contributed by atoms with van der Waals surface area (Å²) < 4.78 is 0. The molecule has 1 aliphatic rings. The maximum absolute atomic E-state index is 12.0. The molecule has 0 aliphatic carbocycles. The van der Waals surface area contributed by atoms with Gasteiger partial charge in [-0.25, -0.2) is 14.6 Å². The van der Waals surface area contributed by atoms with E-state index in [4.69, 9.17) is 5.11 Å². The predicted molar refractivity (Wildman–Crippen MR) is 63.0 cm³/mol. The molecule has 1 atom stereocenters. The largest absolute Gasteiger partial charge is 0.480 e. The number of aliphatic carboxylic acids is 1. The molecule has 0 radical (unpaired) electrons. The lowest BCUT2D eigenvalue weighted by atomic mass is 10.0. The number of hydrogen-bond acceptors (Lipinski definition) is 4. The fraction of sp³-hybridized carbons (Fsp3) is 0.455. The number of amides is 2. The van der Waals surface area contributed by atoms with E-state index in [-0.39, 0.29) is 0 Å². The Morgan fingerprint density at radius 3 is 2.89 bits per heavy atom. The number of carboxylic acids is 1. The Morgan fingerprint density at radius 2 is 2.22 bits per heavy atom. The van der Waals surface area contributed by atoms with Crippen LogP contribution in [-0.2, 0) is 4.79 Å². The van der Waals surface area contributed by atoms with E-state index < -0.39 is 18.0 Å². The minimum Gasteiger partial charge on any atom is -0.480 e. The third kappa shape index (κ3) is 2.73. The fourth-order valence-corrected chi connectivity index (χ4v) is 1.98. The van der Waals surface area contributed by atoms with E-state index in [0.717, 1.165) is 12.8 Å². The molecule has 1 fully saturated rings. The summed E-state index contributed by atoms with van der Waals surface area (Å²) in [5, 5.41) is 11.6. The van der Waals surface area contributed by atoms with Crippen molar-refractivity contribution in [3.63, 3.8) is 0 Å². The average molecular weight is 250 g/mol. The number of aromatic nitrogens is 2. The molecule has 2 amide bonds. The highest BCUT2D eigenvalue weighted by molar-refractivity contribution is 5.91. The van der Waals surface area contributed by atoms with Crippen molar-refractivity contribution in [2.24, 2.45) is 0 Å². The molecule has 96 valence electrons. The second-order valence-electron chi connectivity index (χ2n) is 4.06. The molecule has 0 bridgehead atoms. The van der Waals surface area contributed by atoms with Gasteiger partial charge in [0.2, 0.25) is 0 Å². The van der Waals surface area contributed by atoms with Crippen molar-refractivity contribution in [1.29, 1.82) is 0 Å². The Labute approximate surface area is 104 Å². The molecule has 2 heterocycles. The van der Waals surface area contributed by atoms with Crippen LogP contribution in [0.1, 0.15) is 19.3 Å². The van der Waals surface area contributed by atoms with E-state index in [1.54, 1.807) is 0 Å². The number of carbonyl (C=O) groups excluding carboxylic acids is 1. The van der Waals surface area contributed by atoms with Gasteiger partial charge in [0.15, 0.2) is 5.82 Å². The van der Waals surface area contributed by atoms with Gasteiger partial charge in [-0.15, -0.1) is 0 Å². The van der Waals surface area contributed by atoms with Gasteiger partial charge in [-0.2, -0.15) is 0 Å². The molecule has 7 nitrogen and oxygen atoms in total. The molecule has 7 heteroatoms. The maximum Gasteiger partial charge on any atom is 0.326 e. The van der Waals surface area contributed by atoms with Crippen LogP contribution in [-0.4, -0.2) is 44.6 Å². The van der Waals surface area contributed by atoms with Gasteiger partial charge in [-0.3, -0.25) is 10.3 Å². The molecule has 0 spiro atoms. The van der Waals surface area contributed by atoms with Crippen LogP contribution in [0, 0.1) is 0 Å². The van der Waals surface area contributed by atoms with Gasteiger partial charge in [-0.05, 0) is 19.3 Å². The van der Waals surface area contributed by atoms with Crippen LogP contribution in [0.5, 0.6) is 0 Å². The molecule has 0 aromatic carbocycles. The van der Waals surface area contributed by atoms with E-state index in [1.807, 2.05) is 0 Å². The number of carbonyl (C=O) groups is 2. The lowest BCUT2D eigenvalue weighted by molar-refractivity contribution is -0.143. The molecule has 1 aliphatic heterocycles. The second kappa shape index (κ2) is 5.44. The summed E-state index contributed by atoms with van der Waals surface area (Å²) in [5.41, 5.74) is 0. The molecule has 1 aromatic heterocycles. The van der Waals surface area contributed by atoms with E-state index in [1.165, 1.54) is 23.5 Å². The highest BCUT2D eigenvalue weighted by Crippen LogP contribution is 2.18. The van der Waals surface area contributed by atoms with Crippen LogP contribution in [0.15, 0.2) is 18.6 Å². The predicted octanol–water partition coefficient (Wildman–Crippen LogP) is 0.948. The van der Waals surface area contributed by atoms with Crippen LogP contribution in [0.3, 0.4) is 0 Å². The number of urea groups is 1. The summed E-state index contributed by atoms with van der Waals surface area (Å²) in [4.78, 5) is 32.1. The maximum atomic E-state index is 12.0. The fourth-order valence-electron chi connectivity index (χ4n) is 1.98. The summed E-state index contributed by atoms with van der Waals surface area (Å²) >= 11 is 0. The van der Waals surface area contributed by atoms with Crippen molar-refractivity contribution in [1.82, 2.24) is 14.9 Å². The van der Waals surface area contributed by atoms with Gasteiger partial charge < -0.3 is 10.0 Å². The van der Waals surface area contributed by atoms with Crippen LogP contribution in [0.25, 0.3) is 0 Å². The molecule has 18 heavy (non-hydrogen) atoms. The van der Waals surface area contributed by atoms with Crippen LogP contribution in [0.2, 0.25) is 0 Å². The third-order valence-electron chi connectivity index (χ3n) is 2.85. The van der Waals surface area contributed by atoms with Crippen LogP contribution in [0.4, 0.5) is 10.6 Å². The first-order chi connectivity index (χ1) is 8.68. The summed E-state index contributed by atoms with van der Waals surface area (Å²) in [6.45, 7) is 0.447. The van der Waals surface area contributed by atoms with Crippen LogP contribution < -0.4 is 5.32 Å². The number of nitrogens with zero attached hydrogens (tertiary/aromatic N) is 3. The lowest BCUT2D eigenvalue weighted by Gasteiger charge is -2.32. The first-order valence-corrected chi connectivity index (χ1v) is 5.75. The highest BCUT2D eigenvalue weighted by Gasteiger charge is 2.32. The average Bonchev–Trinajstić information content (AvgIpc) is 2.40. The smallest absolute Gasteiger partial charge is 0.326 e. The summed E-state index contributed by atoms with van der Waals surface area (Å²) in [5.74, 6) is -0.652. The topological polar surface area (TPSA) is 95.4 Å². The third-order valence-corrected chi connectivity index (χ3v) is 2.85. The Bertz CT molecular complexity index is 437. The minimum absolute atomic E-state index is 0.317. The first-order valence-electron chi connectivity index (χ1n) is 5.75. The van der Waals surface area contributed by atoms with Gasteiger partial charge in [-0.1, -0.05) is 0 Å². The standard InChI is InChI=1S/C11H14N4O3/c16-10(17)8-3-1-2-6-15(8)11(18)14-9-7-12-4-5-13-9/h4-5,7-8H,1-3,6H2,(H,16,17)(H,13,14,18). The van der Waals surface area contributed by atoms with E-state index in [2.05, 4.69) is 15.3 Å². The summed E-state index contributed by atoms with van der Waals surface area (Å²) in [6.07, 6.45) is 6.50. The highest BCUT2D eigenvalue weighted by atomic mass is 16.4.